The fraction of sp³-hybridized carbons (Fsp3) is 1.00. The van der Waals surface area contributed by atoms with Gasteiger partial charge in [0.15, 0.2) is 0 Å². The third kappa shape index (κ3) is 4.26. The Morgan fingerprint density at radius 1 is 1.18 bits per heavy atom. The predicted molar refractivity (Wildman–Crippen MR) is 74.3 cm³/mol. The number of hydrogen-bond donors (Lipinski definition) is 1. The Morgan fingerprint density at radius 2 is 2.06 bits per heavy atom. The fourth-order valence-electron chi connectivity index (χ4n) is 3.39. The summed E-state index contributed by atoms with van der Waals surface area (Å²) in [5, 5.41) is 3.78. The van der Waals surface area contributed by atoms with Crippen molar-refractivity contribution in [2.75, 3.05) is 19.6 Å². The van der Waals surface area contributed by atoms with Gasteiger partial charge in [0.25, 0.3) is 0 Å². The molecular weight excluding hydrogens is 208 g/mol. The standard InChI is InChI=1S/C15H30N2/c1-13(2)6-3-4-9-16-14-8-11-17-10-5-7-15(17)12-14/h13-16H,3-12H2,1-2H3. The van der Waals surface area contributed by atoms with Crippen LogP contribution in [0, 0.1) is 5.92 Å². The summed E-state index contributed by atoms with van der Waals surface area (Å²) in [6.45, 7) is 8.59. The largest absolute Gasteiger partial charge is 0.314 e. The maximum Gasteiger partial charge on any atom is 0.0111 e. The van der Waals surface area contributed by atoms with Gasteiger partial charge in [0.2, 0.25) is 0 Å². The molecule has 0 spiro atoms. The summed E-state index contributed by atoms with van der Waals surface area (Å²) in [5.74, 6) is 0.872. The summed E-state index contributed by atoms with van der Waals surface area (Å²) in [4.78, 5) is 2.71. The van der Waals surface area contributed by atoms with Crippen LogP contribution in [0.4, 0.5) is 0 Å². The molecule has 17 heavy (non-hydrogen) atoms. The molecule has 0 aromatic carbocycles. The molecule has 2 rings (SSSR count). The number of fused-ring (bicyclic) bond motifs is 1. The molecule has 2 unspecified atom stereocenters. The number of piperidine rings is 1. The molecule has 1 N–H and O–H groups in total. The summed E-state index contributed by atoms with van der Waals surface area (Å²) >= 11 is 0. The van der Waals surface area contributed by atoms with Crippen molar-refractivity contribution in [3.8, 4) is 0 Å². The Hall–Kier alpha value is -0.0800. The molecule has 2 nitrogen and oxygen atoms in total. The third-order valence-electron chi connectivity index (χ3n) is 4.46. The molecule has 0 aliphatic carbocycles. The van der Waals surface area contributed by atoms with Crippen LogP contribution in [0.15, 0.2) is 0 Å². The number of nitrogens with one attached hydrogen (secondary N) is 1. The van der Waals surface area contributed by atoms with Crippen molar-refractivity contribution in [3.05, 3.63) is 0 Å². The zero-order valence-electron chi connectivity index (χ0n) is 11.8. The normalized spacial score (nSPS) is 29.8. The van der Waals surface area contributed by atoms with Gasteiger partial charge in [0, 0.05) is 12.1 Å². The van der Waals surface area contributed by atoms with E-state index in [2.05, 4.69) is 24.1 Å². The van der Waals surface area contributed by atoms with Gasteiger partial charge in [-0.05, 0) is 57.7 Å². The average molecular weight is 238 g/mol. The van der Waals surface area contributed by atoms with E-state index in [4.69, 9.17) is 0 Å². The highest BCUT2D eigenvalue weighted by Crippen LogP contribution is 2.26. The molecule has 0 amide bonds. The lowest BCUT2D eigenvalue weighted by Crippen LogP contribution is -2.45. The van der Waals surface area contributed by atoms with Gasteiger partial charge in [-0.3, -0.25) is 0 Å². The lowest BCUT2D eigenvalue weighted by Gasteiger charge is -2.35. The Morgan fingerprint density at radius 3 is 2.88 bits per heavy atom. The number of unbranched alkanes of at least 4 members (excludes halogenated alkanes) is 1. The van der Waals surface area contributed by atoms with E-state index >= 15 is 0 Å². The van der Waals surface area contributed by atoms with Crippen LogP contribution in [0.1, 0.15) is 58.8 Å². The van der Waals surface area contributed by atoms with Gasteiger partial charge in [-0.25, -0.2) is 0 Å². The van der Waals surface area contributed by atoms with E-state index in [9.17, 15) is 0 Å². The van der Waals surface area contributed by atoms with E-state index < -0.39 is 0 Å². The van der Waals surface area contributed by atoms with Crippen molar-refractivity contribution in [1.29, 1.82) is 0 Å². The molecule has 100 valence electrons. The van der Waals surface area contributed by atoms with Crippen molar-refractivity contribution < 1.29 is 0 Å². The van der Waals surface area contributed by atoms with E-state index in [0.717, 1.165) is 18.0 Å². The molecule has 2 aliphatic rings. The van der Waals surface area contributed by atoms with Gasteiger partial charge in [0.05, 0.1) is 0 Å². The van der Waals surface area contributed by atoms with Gasteiger partial charge >= 0.3 is 0 Å². The van der Waals surface area contributed by atoms with Crippen molar-refractivity contribution in [2.45, 2.75) is 70.9 Å². The minimum absolute atomic E-state index is 0.813. The van der Waals surface area contributed by atoms with E-state index in [0.29, 0.717) is 0 Å². The van der Waals surface area contributed by atoms with Gasteiger partial charge in [-0.2, -0.15) is 0 Å². The first-order chi connectivity index (χ1) is 8.25. The van der Waals surface area contributed by atoms with Crippen molar-refractivity contribution in [3.63, 3.8) is 0 Å². The van der Waals surface area contributed by atoms with E-state index in [-0.39, 0.29) is 0 Å². The van der Waals surface area contributed by atoms with Crippen LogP contribution in [-0.4, -0.2) is 36.6 Å². The summed E-state index contributed by atoms with van der Waals surface area (Å²) in [7, 11) is 0. The summed E-state index contributed by atoms with van der Waals surface area (Å²) < 4.78 is 0. The summed E-state index contributed by atoms with van der Waals surface area (Å²) in [6.07, 6.45) is 9.82. The van der Waals surface area contributed by atoms with Gasteiger partial charge in [0.1, 0.15) is 0 Å². The molecule has 0 radical (unpaired) electrons. The maximum absolute atomic E-state index is 3.78. The molecule has 0 aromatic heterocycles. The highest BCUT2D eigenvalue weighted by Gasteiger charge is 2.31. The number of nitrogens with zero attached hydrogens (tertiary/aromatic N) is 1. The van der Waals surface area contributed by atoms with Crippen LogP contribution in [-0.2, 0) is 0 Å². The predicted octanol–water partition coefficient (Wildman–Crippen LogP) is 3.03. The second-order valence-electron chi connectivity index (χ2n) is 6.40. The zero-order chi connectivity index (χ0) is 12.1. The van der Waals surface area contributed by atoms with Crippen LogP contribution < -0.4 is 5.32 Å². The lowest BCUT2D eigenvalue weighted by molar-refractivity contribution is 0.167. The van der Waals surface area contributed by atoms with Crippen LogP contribution in [0.25, 0.3) is 0 Å². The van der Waals surface area contributed by atoms with Gasteiger partial charge < -0.3 is 10.2 Å². The molecule has 2 fully saturated rings. The van der Waals surface area contributed by atoms with Crippen LogP contribution in [0.3, 0.4) is 0 Å². The first-order valence-corrected chi connectivity index (χ1v) is 7.73. The first-order valence-electron chi connectivity index (χ1n) is 7.73. The van der Waals surface area contributed by atoms with Crippen molar-refractivity contribution in [1.82, 2.24) is 10.2 Å². The number of rotatable bonds is 6. The average Bonchev–Trinajstić information content (AvgIpc) is 2.75. The molecule has 2 heteroatoms. The smallest absolute Gasteiger partial charge is 0.0111 e. The highest BCUT2D eigenvalue weighted by atomic mass is 15.2. The minimum atomic E-state index is 0.813. The Balaban J connectivity index is 1.54. The quantitative estimate of drug-likeness (QED) is 0.716. The zero-order valence-corrected chi connectivity index (χ0v) is 11.8. The van der Waals surface area contributed by atoms with Crippen molar-refractivity contribution in [2.24, 2.45) is 5.92 Å². The minimum Gasteiger partial charge on any atom is -0.314 e. The van der Waals surface area contributed by atoms with Gasteiger partial charge in [-0.1, -0.05) is 26.7 Å². The van der Waals surface area contributed by atoms with Crippen LogP contribution in [0.2, 0.25) is 0 Å². The van der Waals surface area contributed by atoms with Crippen LogP contribution >= 0.6 is 0 Å². The summed E-state index contributed by atoms with van der Waals surface area (Å²) in [5.41, 5.74) is 0. The molecule has 2 saturated heterocycles. The Bertz CT molecular complexity index is 215. The molecule has 0 saturated carbocycles. The molecule has 2 aliphatic heterocycles. The summed E-state index contributed by atoms with van der Waals surface area (Å²) in [6, 6.07) is 1.73. The number of hydrogen-bond acceptors (Lipinski definition) is 2. The highest BCUT2D eigenvalue weighted by molar-refractivity contribution is 4.89. The Labute approximate surface area is 107 Å². The molecule has 2 heterocycles. The lowest BCUT2D eigenvalue weighted by atomic mass is 9.97. The van der Waals surface area contributed by atoms with E-state index in [1.165, 1.54) is 64.6 Å². The van der Waals surface area contributed by atoms with E-state index in [1.807, 2.05) is 0 Å². The molecule has 0 aromatic rings. The van der Waals surface area contributed by atoms with Crippen LogP contribution in [0.5, 0.6) is 0 Å². The molecular formula is C15H30N2. The van der Waals surface area contributed by atoms with Crippen molar-refractivity contribution >= 4 is 0 Å². The third-order valence-corrected chi connectivity index (χ3v) is 4.46. The topological polar surface area (TPSA) is 15.3 Å². The fourth-order valence-corrected chi connectivity index (χ4v) is 3.39. The second-order valence-corrected chi connectivity index (χ2v) is 6.40. The molecule has 2 atom stereocenters. The monoisotopic (exact) mass is 238 g/mol. The van der Waals surface area contributed by atoms with Gasteiger partial charge in [-0.15, -0.1) is 0 Å². The second kappa shape index (κ2) is 6.75. The van der Waals surface area contributed by atoms with E-state index in [1.54, 1.807) is 0 Å². The Kier molecular flexibility index (Phi) is 5.30. The first kappa shape index (κ1) is 13.4. The SMILES string of the molecule is CC(C)CCCCNC1CCN2CCCC2C1. The molecule has 0 bridgehead atoms. The maximum atomic E-state index is 3.78.